The van der Waals surface area contributed by atoms with Crippen LogP contribution in [-0.2, 0) is 9.59 Å². The summed E-state index contributed by atoms with van der Waals surface area (Å²) in [7, 11) is 0. The summed E-state index contributed by atoms with van der Waals surface area (Å²) >= 11 is 0. The molecule has 1 aliphatic rings. The average Bonchev–Trinajstić information content (AvgIpc) is 2.08. The van der Waals surface area contributed by atoms with E-state index in [0.717, 1.165) is 0 Å². The zero-order chi connectivity index (χ0) is 11.4. The summed E-state index contributed by atoms with van der Waals surface area (Å²) in [5.74, 6) is 0.128. The van der Waals surface area contributed by atoms with Crippen molar-refractivity contribution in [2.75, 3.05) is 6.54 Å². The Balaban J connectivity index is 2.59. The quantitative estimate of drug-likeness (QED) is 0.670. The number of carbonyl (C=O) groups is 2. The van der Waals surface area contributed by atoms with E-state index >= 15 is 0 Å². The molecule has 1 atom stereocenters. The van der Waals surface area contributed by atoms with Gasteiger partial charge in [0.1, 0.15) is 5.70 Å². The molecule has 1 aliphatic heterocycles. The molecule has 0 radical (unpaired) electrons. The first-order valence-electron chi connectivity index (χ1n) is 5.28. The van der Waals surface area contributed by atoms with Crippen LogP contribution in [0.1, 0.15) is 27.2 Å². The SMILES string of the molecule is CC(C)CC(=O)C=C1NCC(C)NC1=O. The van der Waals surface area contributed by atoms with Gasteiger partial charge in [0.05, 0.1) is 0 Å². The van der Waals surface area contributed by atoms with E-state index in [0.29, 0.717) is 24.6 Å². The van der Waals surface area contributed by atoms with E-state index in [9.17, 15) is 9.59 Å². The molecule has 0 aromatic carbocycles. The summed E-state index contributed by atoms with van der Waals surface area (Å²) in [6.07, 6.45) is 1.88. The maximum absolute atomic E-state index is 11.5. The Bertz CT molecular complexity index is 295. The normalized spacial score (nSPS) is 23.9. The van der Waals surface area contributed by atoms with Gasteiger partial charge in [0.2, 0.25) is 0 Å². The molecule has 1 amide bonds. The number of amides is 1. The molecule has 0 bridgehead atoms. The van der Waals surface area contributed by atoms with Crippen LogP contribution in [0.25, 0.3) is 0 Å². The van der Waals surface area contributed by atoms with Crippen molar-refractivity contribution in [1.29, 1.82) is 0 Å². The predicted molar refractivity (Wildman–Crippen MR) is 58.2 cm³/mol. The molecule has 1 saturated heterocycles. The van der Waals surface area contributed by atoms with E-state index in [-0.39, 0.29) is 17.7 Å². The summed E-state index contributed by atoms with van der Waals surface area (Å²) in [4.78, 5) is 22.9. The van der Waals surface area contributed by atoms with Crippen LogP contribution in [0, 0.1) is 5.92 Å². The van der Waals surface area contributed by atoms with Crippen LogP contribution < -0.4 is 10.6 Å². The van der Waals surface area contributed by atoms with Gasteiger partial charge in [-0.05, 0) is 12.8 Å². The molecule has 2 N–H and O–H groups in total. The Morgan fingerprint density at radius 2 is 2.27 bits per heavy atom. The number of rotatable bonds is 3. The van der Waals surface area contributed by atoms with Crippen molar-refractivity contribution in [1.82, 2.24) is 10.6 Å². The van der Waals surface area contributed by atoms with Crippen LogP contribution in [0.5, 0.6) is 0 Å². The maximum Gasteiger partial charge on any atom is 0.267 e. The second-order valence-electron chi connectivity index (χ2n) is 4.38. The molecular weight excluding hydrogens is 192 g/mol. The van der Waals surface area contributed by atoms with Crippen molar-refractivity contribution in [2.24, 2.45) is 5.92 Å². The molecule has 0 spiro atoms. The van der Waals surface area contributed by atoms with Crippen LogP contribution in [0.4, 0.5) is 0 Å². The van der Waals surface area contributed by atoms with E-state index in [4.69, 9.17) is 0 Å². The molecule has 4 heteroatoms. The highest BCUT2D eigenvalue weighted by molar-refractivity contribution is 6.01. The lowest BCUT2D eigenvalue weighted by Gasteiger charge is -2.23. The van der Waals surface area contributed by atoms with Gasteiger partial charge in [-0.1, -0.05) is 13.8 Å². The van der Waals surface area contributed by atoms with Gasteiger partial charge < -0.3 is 10.6 Å². The Kier molecular flexibility index (Phi) is 3.88. The fraction of sp³-hybridized carbons (Fsp3) is 0.636. The van der Waals surface area contributed by atoms with E-state index in [1.165, 1.54) is 6.08 Å². The zero-order valence-electron chi connectivity index (χ0n) is 9.46. The monoisotopic (exact) mass is 210 g/mol. The van der Waals surface area contributed by atoms with Crippen LogP contribution in [0.2, 0.25) is 0 Å². The first-order chi connectivity index (χ1) is 6.99. The number of allylic oxidation sites excluding steroid dienone is 1. The summed E-state index contributed by atoms with van der Waals surface area (Å²) in [6.45, 7) is 6.55. The number of carbonyl (C=O) groups excluding carboxylic acids is 2. The maximum atomic E-state index is 11.5. The minimum atomic E-state index is -0.189. The highest BCUT2D eigenvalue weighted by atomic mass is 16.2. The number of ketones is 1. The van der Waals surface area contributed by atoms with Crippen molar-refractivity contribution in [3.63, 3.8) is 0 Å². The van der Waals surface area contributed by atoms with Gasteiger partial charge in [0, 0.05) is 25.1 Å². The fourth-order valence-corrected chi connectivity index (χ4v) is 1.43. The van der Waals surface area contributed by atoms with Gasteiger partial charge in [-0.25, -0.2) is 0 Å². The minimum absolute atomic E-state index is 0.00259. The molecule has 0 aliphatic carbocycles. The molecule has 15 heavy (non-hydrogen) atoms. The van der Waals surface area contributed by atoms with E-state index in [1.807, 2.05) is 20.8 Å². The first kappa shape index (κ1) is 11.8. The van der Waals surface area contributed by atoms with Gasteiger partial charge in [-0.2, -0.15) is 0 Å². The lowest BCUT2D eigenvalue weighted by atomic mass is 10.1. The Morgan fingerprint density at radius 1 is 1.60 bits per heavy atom. The van der Waals surface area contributed by atoms with E-state index in [1.54, 1.807) is 0 Å². The van der Waals surface area contributed by atoms with E-state index in [2.05, 4.69) is 10.6 Å². The third-order valence-electron chi connectivity index (χ3n) is 2.14. The number of nitrogens with one attached hydrogen (secondary N) is 2. The third kappa shape index (κ3) is 3.73. The highest BCUT2D eigenvalue weighted by Gasteiger charge is 2.19. The number of hydrogen-bond donors (Lipinski definition) is 2. The number of piperazine rings is 1. The van der Waals surface area contributed by atoms with Crippen molar-refractivity contribution < 1.29 is 9.59 Å². The summed E-state index contributed by atoms with van der Waals surface area (Å²) in [6, 6.07) is 0.120. The van der Waals surface area contributed by atoms with Gasteiger partial charge in [-0.15, -0.1) is 0 Å². The molecule has 0 aromatic rings. The van der Waals surface area contributed by atoms with Gasteiger partial charge in [0.15, 0.2) is 5.78 Å². The van der Waals surface area contributed by atoms with Crippen LogP contribution in [-0.4, -0.2) is 24.3 Å². The van der Waals surface area contributed by atoms with Gasteiger partial charge in [-0.3, -0.25) is 9.59 Å². The number of hydrogen-bond acceptors (Lipinski definition) is 3. The lowest BCUT2D eigenvalue weighted by Crippen LogP contribution is -2.49. The molecule has 1 heterocycles. The fourth-order valence-electron chi connectivity index (χ4n) is 1.43. The van der Waals surface area contributed by atoms with Gasteiger partial charge in [0.25, 0.3) is 5.91 Å². The molecule has 84 valence electrons. The lowest BCUT2D eigenvalue weighted by molar-refractivity contribution is -0.120. The topological polar surface area (TPSA) is 58.2 Å². The molecule has 4 nitrogen and oxygen atoms in total. The van der Waals surface area contributed by atoms with Crippen molar-refractivity contribution in [3.8, 4) is 0 Å². The minimum Gasteiger partial charge on any atom is -0.378 e. The molecule has 0 aromatic heterocycles. The summed E-state index contributed by atoms with van der Waals surface area (Å²) in [5.41, 5.74) is 0.388. The predicted octanol–water partition coefficient (Wildman–Crippen LogP) is 0.593. The molecule has 1 rings (SSSR count). The molecule has 1 fully saturated rings. The Labute approximate surface area is 90.1 Å². The Morgan fingerprint density at radius 3 is 2.80 bits per heavy atom. The second-order valence-corrected chi connectivity index (χ2v) is 4.38. The summed E-state index contributed by atoms with van der Waals surface area (Å²) < 4.78 is 0. The molecule has 0 saturated carbocycles. The van der Waals surface area contributed by atoms with Crippen LogP contribution in [0.3, 0.4) is 0 Å². The third-order valence-corrected chi connectivity index (χ3v) is 2.14. The average molecular weight is 210 g/mol. The van der Waals surface area contributed by atoms with Gasteiger partial charge >= 0.3 is 0 Å². The second kappa shape index (κ2) is 4.96. The van der Waals surface area contributed by atoms with Crippen molar-refractivity contribution in [2.45, 2.75) is 33.2 Å². The van der Waals surface area contributed by atoms with E-state index < -0.39 is 0 Å². The van der Waals surface area contributed by atoms with Crippen LogP contribution in [0.15, 0.2) is 11.8 Å². The molecule has 1 unspecified atom stereocenters. The van der Waals surface area contributed by atoms with Crippen molar-refractivity contribution in [3.05, 3.63) is 11.8 Å². The molecular formula is C11H18N2O2. The standard InChI is InChI=1S/C11H18N2O2/c1-7(2)4-9(14)5-10-11(15)13-8(3)6-12-10/h5,7-8,12H,4,6H2,1-3H3,(H,13,15). The Hall–Kier alpha value is -1.32. The summed E-state index contributed by atoms with van der Waals surface area (Å²) in [5, 5.41) is 5.72. The largest absolute Gasteiger partial charge is 0.378 e. The first-order valence-corrected chi connectivity index (χ1v) is 5.28. The zero-order valence-corrected chi connectivity index (χ0v) is 9.46. The highest BCUT2D eigenvalue weighted by Crippen LogP contribution is 2.04. The smallest absolute Gasteiger partial charge is 0.267 e. The van der Waals surface area contributed by atoms with Crippen LogP contribution >= 0.6 is 0 Å². The van der Waals surface area contributed by atoms with Crippen molar-refractivity contribution >= 4 is 11.7 Å².